The summed E-state index contributed by atoms with van der Waals surface area (Å²) >= 11 is 0. The van der Waals surface area contributed by atoms with Gasteiger partial charge in [-0.05, 0) is 19.8 Å². The number of rotatable bonds is 5. The van der Waals surface area contributed by atoms with E-state index < -0.39 is 10.0 Å². The van der Waals surface area contributed by atoms with E-state index in [0.29, 0.717) is 6.61 Å². The summed E-state index contributed by atoms with van der Waals surface area (Å²) in [6.45, 7) is 2.36. The third-order valence-electron chi connectivity index (χ3n) is 2.28. The third kappa shape index (κ3) is 3.53. The molecule has 1 aliphatic heterocycles. The maximum absolute atomic E-state index is 11.4. The number of sulfonamides is 1. The van der Waals surface area contributed by atoms with Crippen LogP contribution >= 0.6 is 0 Å². The normalized spacial score (nSPS) is 28.1. The van der Waals surface area contributed by atoms with Gasteiger partial charge in [0, 0.05) is 19.3 Å². The van der Waals surface area contributed by atoms with Crippen molar-refractivity contribution in [1.82, 2.24) is 4.72 Å². The average molecular weight is 223 g/mol. The topological polar surface area (TPSA) is 75.6 Å². The molecular formula is C8H17NO4S. The number of nitrogens with one attached hydrogen (secondary N) is 1. The fraction of sp³-hybridized carbons (Fsp3) is 1.00. The second-order valence-electron chi connectivity index (χ2n) is 3.48. The zero-order chi connectivity index (χ0) is 10.6. The monoisotopic (exact) mass is 223 g/mol. The van der Waals surface area contributed by atoms with Crippen molar-refractivity contribution in [2.45, 2.75) is 31.9 Å². The first-order valence-electron chi connectivity index (χ1n) is 4.77. The Bertz CT molecular complexity index is 265. The van der Waals surface area contributed by atoms with Gasteiger partial charge in [0.1, 0.15) is 0 Å². The van der Waals surface area contributed by atoms with E-state index in [-0.39, 0.29) is 30.9 Å². The van der Waals surface area contributed by atoms with Crippen LogP contribution in [0, 0.1) is 0 Å². The van der Waals surface area contributed by atoms with Crippen LogP contribution in [0.4, 0.5) is 0 Å². The molecule has 2 N–H and O–H groups in total. The Labute approximate surface area is 84.5 Å². The molecule has 0 saturated carbocycles. The molecule has 0 amide bonds. The fourth-order valence-corrected chi connectivity index (χ4v) is 2.83. The maximum Gasteiger partial charge on any atom is 0.212 e. The van der Waals surface area contributed by atoms with Crippen LogP contribution in [0.25, 0.3) is 0 Å². The standard InChI is InChI=1S/C8H17NO4S/c1-7-8(3-5-13-7)9-14(11,12)6-2-4-10/h7-10H,2-6H2,1H3. The lowest BCUT2D eigenvalue weighted by molar-refractivity contribution is 0.117. The first-order chi connectivity index (χ1) is 6.55. The van der Waals surface area contributed by atoms with Crippen LogP contribution in [-0.2, 0) is 14.8 Å². The van der Waals surface area contributed by atoms with Gasteiger partial charge in [-0.2, -0.15) is 0 Å². The molecule has 1 saturated heterocycles. The third-order valence-corrected chi connectivity index (χ3v) is 3.77. The highest BCUT2D eigenvalue weighted by molar-refractivity contribution is 7.89. The molecule has 0 bridgehead atoms. The van der Waals surface area contributed by atoms with Crippen molar-refractivity contribution >= 4 is 10.0 Å². The summed E-state index contributed by atoms with van der Waals surface area (Å²) < 4.78 is 30.6. The summed E-state index contributed by atoms with van der Waals surface area (Å²) in [4.78, 5) is 0. The molecule has 0 aromatic rings. The molecule has 0 radical (unpaired) electrons. The van der Waals surface area contributed by atoms with Crippen LogP contribution in [0.3, 0.4) is 0 Å². The summed E-state index contributed by atoms with van der Waals surface area (Å²) in [5, 5.41) is 8.53. The summed E-state index contributed by atoms with van der Waals surface area (Å²) in [6, 6.07) is -0.112. The lowest BCUT2D eigenvalue weighted by Crippen LogP contribution is -2.40. The Kier molecular flexibility index (Phi) is 4.31. The van der Waals surface area contributed by atoms with Gasteiger partial charge in [-0.25, -0.2) is 13.1 Å². The average Bonchev–Trinajstić information content (AvgIpc) is 2.48. The van der Waals surface area contributed by atoms with Gasteiger partial charge in [0.15, 0.2) is 0 Å². The highest BCUT2D eigenvalue weighted by atomic mass is 32.2. The van der Waals surface area contributed by atoms with E-state index in [4.69, 9.17) is 9.84 Å². The van der Waals surface area contributed by atoms with Crippen LogP contribution < -0.4 is 4.72 Å². The van der Waals surface area contributed by atoms with Crippen molar-refractivity contribution in [3.63, 3.8) is 0 Å². The molecule has 1 fully saturated rings. The van der Waals surface area contributed by atoms with Crippen LogP contribution in [0.5, 0.6) is 0 Å². The van der Waals surface area contributed by atoms with Gasteiger partial charge in [-0.3, -0.25) is 0 Å². The minimum absolute atomic E-state index is 0.0211. The Morgan fingerprint density at radius 1 is 1.57 bits per heavy atom. The van der Waals surface area contributed by atoms with Crippen LogP contribution in [0.15, 0.2) is 0 Å². The Morgan fingerprint density at radius 2 is 2.29 bits per heavy atom. The van der Waals surface area contributed by atoms with Gasteiger partial charge in [-0.1, -0.05) is 0 Å². The van der Waals surface area contributed by atoms with E-state index in [1.165, 1.54) is 0 Å². The quantitative estimate of drug-likeness (QED) is 0.656. The SMILES string of the molecule is CC1OCCC1NS(=O)(=O)CCCO. The maximum atomic E-state index is 11.4. The number of ether oxygens (including phenoxy) is 1. The zero-order valence-corrected chi connectivity index (χ0v) is 9.09. The molecule has 1 rings (SSSR count). The van der Waals surface area contributed by atoms with Crippen molar-refractivity contribution in [1.29, 1.82) is 0 Å². The molecule has 0 aromatic carbocycles. The molecule has 2 unspecified atom stereocenters. The second-order valence-corrected chi connectivity index (χ2v) is 5.36. The molecule has 2 atom stereocenters. The molecule has 1 heterocycles. The molecule has 0 aromatic heterocycles. The molecular weight excluding hydrogens is 206 g/mol. The first kappa shape index (κ1) is 11.9. The summed E-state index contributed by atoms with van der Waals surface area (Å²) in [6.07, 6.45) is 0.940. The molecule has 1 aliphatic rings. The molecule has 14 heavy (non-hydrogen) atoms. The highest BCUT2D eigenvalue weighted by Crippen LogP contribution is 2.13. The van der Waals surface area contributed by atoms with Gasteiger partial charge in [0.25, 0.3) is 0 Å². The highest BCUT2D eigenvalue weighted by Gasteiger charge is 2.27. The predicted molar refractivity (Wildman–Crippen MR) is 52.4 cm³/mol. The van der Waals surface area contributed by atoms with Crippen molar-refractivity contribution in [2.75, 3.05) is 19.0 Å². The second kappa shape index (κ2) is 5.06. The van der Waals surface area contributed by atoms with Crippen LogP contribution in [0.2, 0.25) is 0 Å². The van der Waals surface area contributed by atoms with Crippen LogP contribution in [-0.4, -0.2) is 44.6 Å². The largest absolute Gasteiger partial charge is 0.396 e. The van der Waals surface area contributed by atoms with Gasteiger partial charge in [0.05, 0.1) is 11.9 Å². The molecule has 0 spiro atoms. The summed E-state index contributed by atoms with van der Waals surface area (Å²) in [5.41, 5.74) is 0. The van der Waals surface area contributed by atoms with E-state index in [0.717, 1.165) is 6.42 Å². The Balaban J connectivity index is 2.42. The van der Waals surface area contributed by atoms with Gasteiger partial charge < -0.3 is 9.84 Å². The fourth-order valence-electron chi connectivity index (χ4n) is 1.43. The van der Waals surface area contributed by atoms with Crippen LogP contribution in [0.1, 0.15) is 19.8 Å². The van der Waals surface area contributed by atoms with Gasteiger partial charge in [0.2, 0.25) is 10.0 Å². The molecule has 84 valence electrons. The number of hydrogen-bond donors (Lipinski definition) is 2. The molecule has 6 heteroatoms. The Hall–Kier alpha value is -0.170. The predicted octanol–water partition coefficient (Wildman–Crippen LogP) is -0.534. The number of aliphatic hydroxyl groups excluding tert-OH is 1. The molecule has 5 nitrogen and oxygen atoms in total. The van der Waals surface area contributed by atoms with Gasteiger partial charge in [-0.15, -0.1) is 0 Å². The molecule has 0 aliphatic carbocycles. The van der Waals surface area contributed by atoms with Crippen molar-refractivity contribution in [3.8, 4) is 0 Å². The van der Waals surface area contributed by atoms with E-state index in [1.807, 2.05) is 6.92 Å². The minimum atomic E-state index is -3.25. The smallest absolute Gasteiger partial charge is 0.212 e. The minimum Gasteiger partial charge on any atom is -0.396 e. The number of hydrogen-bond acceptors (Lipinski definition) is 4. The summed E-state index contributed by atoms with van der Waals surface area (Å²) in [5.74, 6) is -0.0211. The zero-order valence-electron chi connectivity index (χ0n) is 8.27. The van der Waals surface area contributed by atoms with E-state index in [1.54, 1.807) is 0 Å². The summed E-state index contributed by atoms with van der Waals surface area (Å²) in [7, 11) is -3.25. The lowest BCUT2D eigenvalue weighted by atomic mass is 10.2. The number of aliphatic hydroxyl groups is 1. The first-order valence-corrected chi connectivity index (χ1v) is 6.43. The van der Waals surface area contributed by atoms with Gasteiger partial charge >= 0.3 is 0 Å². The van der Waals surface area contributed by atoms with Crippen molar-refractivity contribution < 1.29 is 18.3 Å². The Morgan fingerprint density at radius 3 is 2.79 bits per heavy atom. The van der Waals surface area contributed by atoms with Crippen molar-refractivity contribution in [2.24, 2.45) is 0 Å². The van der Waals surface area contributed by atoms with Crippen molar-refractivity contribution in [3.05, 3.63) is 0 Å². The van der Waals surface area contributed by atoms with E-state index in [2.05, 4.69) is 4.72 Å². The lowest BCUT2D eigenvalue weighted by Gasteiger charge is -2.15. The van der Waals surface area contributed by atoms with E-state index >= 15 is 0 Å². The van der Waals surface area contributed by atoms with E-state index in [9.17, 15) is 8.42 Å².